The molecule has 4 rings (SSSR count). The number of aliphatic hydroxyl groups excluding tert-OH is 1. The van der Waals surface area contributed by atoms with Crippen LogP contribution in [0.15, 0.2) is 18.2 Å². The zero-order valence-electron chi connectivity index (χ0n) is 17.0. The molecule has 1 aromatic carbocycles. The lowest BCUT2D eigenvalue weighted by Gasteiger charge is -2.43. The van der Waals surface area contributed by atoms with Gasteiger partial charge in [-0.2, -0.15) is 0 Å². The second kappa shape index (κ2) is 8.00. The molecule has 0 amide bonds. The molecule has 0 bridgehead atoms. The molecule has 1 aliphatic heterocycles. The molecule has 0 radical (unpaired) electrons. The molecule has 150 valence electrons. The van der Waals surface area contributed by atoms with Crippen molar-refractivity contribution in [3.63, 3.8) is 0 Å². The van der Waals surface area contributed by atoms with Crippen molar-refractivity contribution >= 4 is 0 Å². The van der Waals surface area contributed by atoms with Crippen LogP contribution in [-0.2, 0) is 5.41 Å². The summed E-state index contributed by atoms with van der Waals surface area (Å²) in [5.41, 5.74) is 1.51. The lowest BCUT2D eigenvalue weighted by atomic mass is 9.65. The number of aliphatic hydroxyl groups is 1. The van der Waals surface area contributed by atoms with Crippen LogP contribution in [0.5, 0.6) is 11.5 Å². The number of likely N-dealkylation sites (N-methyl/N-ethyl adjacent to an activating group) is 1. The fourth-order valence-electron chi connectivity index (χ4n) is 4.97. The first-order chi connectivity index (χ1) is 13.1. The van der Waals surface area contributed by atoms with Gasteiger partial charge >= 0.3 is 0 Å². The van der Waals surface area contributed by atoms with Crippen LogP contribution < -0.4 is 9.47 Å². The summed E-state index contributed by atoms with van der Waals surface area (Å²) in [5, 5.41) is 10.2. The Morgan fingerprint density at radius 1 is 1.15 bits per heavy atom. The van der Waals surface area contributed by atoms with Gasteiger partial charge in [-0.15, -0.1) is 0 Å². The van der Waals surface area contributed by atoms with Crippen molar-refractivity contribution in [2.45, 2.75) is 75.9 Å². The molecular weight excluding hydrogens is 338 g/mol. The van der Waals surface area contributed by atoms with E-state index in [1.54, 1.807) is 0 Å². The fourth-order valence-corrected chi connectivity index (χ4v) is 4.97. The molecule has 1 aromatic rings. The summed E-state index contributed by atoms with van der Waals surface area (Å²) in [5.74, 6) is 2.55. The van der Waals surface area contributed by atoms with Crippen molar-refractivity contribution in [3.8, 4) is 11.5 Å². The standard InChI is InChI=1S/C23H35NO3/c1-3-4-13-26-21-14-18(7-8-20(21)27-16-17-5-6-17)23-10-9-19(25)15-22(23)24(2)12-11-23/h7-8,14,17,19,22,25H,3-6,9-13,15-16H2,1-2H3/t19-,22+,23+/m1/s1. The molecule has 1 saturated heterocycles. The Labute approximate surface area is 163 Å². The highest BCUT2D eigenvalue weighted by molar-refractivity contribution is 5.46. The highest BCUT2D eigenvalue weighted by Crippen LogP contribution is 2.50. The highest BCUT2D eigenvalue weighted by atomic mass is 16.5. The van der Waals surface area contributed by atoms with E-state index in [4.69, 9.17) is 9.47 Å². The summed E-state index contributed by atoms with van der Waals surface area (Å²) in [7, 11) is 2.20. The number of likely N-dealkylation sites (tertiary alicyclic amines) is 1. The van der Waals surface area contributed by atoms with E-state index in [-0.39, 0.29) is 11.5 Å². The number of hydrogen-bond donors (Lipinski definition) is 1. The Hall–Kier alpha value is -1.26. The molecule has 27 heavy (non-hydrogen) atoms. The van der Waals surface area contributed by atoms with E-state index in [1.165, 1.54) is 18.4 Å². The average Bonchev–Trinajstić information content (AvgIpc) is 3.45. The van der Waals surface area contributed by atoms with Gasteiger partial charge in [0.1, 0.15) is 0 Å². The topological polar surface area (TPSA) is 41.9 Å². The van der Waals surface area contributed by atoms with Gasteiger partial charge in [-0.05, 0) is 82.2 Å². The Morgan fingerprint density at radius 3 is 2.78 bits per heavy atom. The number of rotatable bonds is 8. The first kappa shape index (κ1) is 19.1. The summed E-state index contributed by atoms with van der Waals surface area (Å²) in [4.78, 5) is 2.44. The minimum Gasteiger partial charge on any atom is -0.490 e. The number of hydrogen-bond acceptors (Lipinski definition) is 4. The van der Waals surface area contributed by atoms with E-state index in [0.29, 0.717) is 6.04 Å². The molecule has 1 heterocycles. The third-order valence-corrected chi connectivity index (χ3v) is 6.95. The van der Waals surface area contributed by atoms with Gasteiger partial charge in [-0.1, -0.05) is 19.4 Å². The van der Waals surface area contributed by atoms with E-state index >= 15 is 0 Å². The number of ether oxygens (including phenoxy) is 2. The lowest BCUT2D eigenvalue weighted by molar-refractivity contribution is 0.0566. The first-order valence-corrected chi connectivity index (χ1v) is 10.9. The maximum atomic E-state index is 10.2. The molecule has 3 atom stereocenters. The lowest BCUT2D eigenvalue weighted by Crippen LogP contribution is -2.47. The van der Waals surface area contributed by atoms with Crippen molar-refractivity contribution in [1.82, 2.24) is 4.90 Å². The molecule has 1 N–H and O–H groups in total. The van der Waals surface area contributed by atoms with Crippen LogP contribution in [0.3, 0.4) is 0 Å². The van der Waals surface area contributed by atoms with Gasteiger partial charge in [0.25, 0.3) is 0 Å². The minimum absolute atomic E-state index is 0.145. The molecule has 2 aliphatic carbocycles. The van der Waals surface area contributed by atoms with Crippen LogP contribution in [0.1, 0.15) is 63.9 Å². The number of unbranched alkanes of at least 4 members (excludes halogenated alkanes) is 1. The third-order valence-electron chi connectivity index (χ3n) is 6.95. The fraction of sp³-hybridized carbons (Fsp3) is 0.739. The summed E-state index contributed by atoms with van der Waals surface area (Å²) in [6.07, 6.45) is 8.62. The molecule has 0 spiro atoms. The maximum absolute atomic E-state index is 10.2. The van der Waals surface area contributed by atoms with Crippen molar-refractivity contribution in [3.05, 3.63) is 23.8 Å². The van der Waals surface area contributed by atoms with Crippen LogP contribution >= 0.6 is 0 Å². The largest absolute Gasteiger partial charge is 0.490 e. The van der Waals surface area contributed by atoms with E-state index in [1.807, 2.05) is 0 Å². The zero-order chi connectivity index (χ0) is 18.9. The van der Waals surface area contributed by atoms with Crippen molar-refractivity contribution < 1.29 is 14.6 Å². The van der Waals surface area contributed by atoms with E-state index in [2.05, 4.69) is 37.1 Å². The van der Waals surface area contributed by atoms with Gasteiger partial charge in [0, 0.05) is 11.5 Å². The minimum atomic E-state index is -0.162. The SMILES string of the molecule is CCCCOc1cc([C@@]23CC[C@@H](O)C[C@@H]2N(C)CC3)ccc1OCC1CC1. The number of benzene rings is 1. The van der Waals surface area contributed by atoms with Gasteiger partial charge < -0.3 is 19.5 Å². The first-order valence-electron chi connectivity index (χ1n) is 10.9. The van der Waals surface area contributed by atoms with Crippen LogP contribution in [0, 0.1) is 5.92 Å². The Kier molecular flexibility index (Phi) is 5.65. The second-order valence-electron chi connectivity index (χ2n) is 8.95. The van der Waals surface area contributed by atoms with Crippen molar-refractivity contribution in [2.24, 2.45) is 5.92 Å². The summed E-state index contributed by atoms with van der Waals surface area (Å²) >= 11 is 0. The quantitative estimate of drug-likeness (QED) is 0.696. The van der Waals surface area contributed by atoms with Gasteiger partial charge in [0.15, 0.2) is 11.5 Å². The predicted molar refractivity (Wildman–Crippen MR) is 108 cm³/mol. The van der Waals surface area contributed by atoms with E-state index in [0.717, 1.165) is 75.7 Å². The average molecular weight is 374 g/mol. The number of fused-ring (bicyclic) bond motifs is 1. The third kappa shape index (κ3) is 3.97. The zero-order valence-corrected chi connectivity index (χ0v) is 17.0. The molecule has 0 unspecified atom stereocenters. The van der Waals surface area contributed by atoms with Crippen LogP contribution in [0.25, 0.3) is 0 Å². The molecule has 3 aliphatic rings. The Bertz CT molecular complexity index is 645. The summed E-state index contributed by atoms with van der Waals surface area (Å²) in [6.45, 7) is 4.85. The summed E-state index contributed by atoms with van der Waals surface area (Å²) < 4.78 is 12.3. The second-order valence-corrected chi connectivity index (χ2v) is 8.95. The van der Waals surface area contributed by atoms with Gasteiger partial charge in [-0.3, -0.25) is 0 Å². The number of nitrogens with zero attached hydrogens (tertiary/aromatic N) is 1. The Morgan fingerprint density at radius 2 is 2.00 bits per heavy atom. The smallest absolute Gasteiger partial charge is 0.161 e. The molecule has 2 saturated carbocycles. The van der Waals surface area contributed by atoms with Crippen LogP contribution in [0.4, 0.5) is 0 Å². The molecule has 3 fully saturated rings. The highest BCUT2D eigenvalue weighted by Gasteiger charge is 2.50. The Balaban J connectivity index is 1.60. The summed E-state index contributed by atoms with van der Waals surface area (Å²) in [6, 6.07) is 7.07. The van der Waals surface area contributed by atoms with Gasteiger partial charge in [0.05, 0.1) is 19.3 Å². The van der Waals surface area contributed by atoms with Gasteiger partial charge in [0.2, 0.25) is 0 Å². The van der Waals surface area contributed by atoms with Crippen LogP contribution in [0.2, 0.25) is 0 Å². The van der Waals surface area contributed by atoms with E-state index < -0.39 is 0 Å². The van der Waals surface area contributed by atoms with Crippen molar-refractivity contribution in [1.29, 1.82) is 0 Å². The van der Waals surface area contributed by atoms with E-state index in [9.17, 15) is 5.11 Å². The molecule has 4 nitrogen and oxygen atoms in total. The maximum Gasteiger partial charge on any atom is 0.161 e. The molecular formula is C23H35NO3. The normalized spacial score (nSPS) is 30.9. The van der Waals surface area contributed by atoms with Crippen LogP contribution in [-0.4, -0.2) is 49.0 Å². The predicted octanol–water partition coefficient (Wildman–Crippen LogP) is 4.14. The van der Waals surface area contributed by atoms with Crippen molar-refractivity contribution in [2.75, 3.05) is 26.8 Å². The van der Waals surface area contributed by atoms with Gasteiger partial charge in [-0.25, -0.2) is 0 Å². The molecule has 4 heteroatoms. The monoisotopic (exact) mass is 373 g/mol. The molecule has 0 aromatic heterocycles.